The van der Waals surface area contributed by atoms with Crippen molar-refractivity contribution in [3.63, 3.8) is 0 Å². The molecule has 11 heteroatoms. The fourth-order valence-corrected chi connectivity index (χ4v) is 2.70. The number of aliphatic hydroxyl groups is 1. The summed E-state index contributed by atoms with van der Waals surface area (Å²) in [7, 11) is 1.16. The van der Waals surface area contributed by atoms with E-state index >= 15 is 0 Å². The Kier molecular flexibility index (Phi) is 6.84. The molecule has 1 aliphatic heterocycles. The van der Waals surface area contributed by atoms with Crippen LogP contribution in [-0.2, 0) is 25.6 Å². The van der Waals surface area contributed by atoms with Gasteiger partial charge in [0.05, 0.1) is 6.10 Å². The third kappa shape index (κ3) is 5.34. The third-order valence-corrected chi connectivity index (χ3v) is 4.39. The topological polar surface area (TPSA) is 131 Å². The first kappa shape index (κ1) is 17.3. The second-order valence-corrected chi connectivity index (χ2v) is 7.00. The largest absolute Gasteiger partial charge is 0.780 e. The van der Waals surface area contributed by atoms with E-state index in [-0.39, 0.29) is 31.8 Å². The second-order valence-electron chi connectivity index (χ2n) is 4.18. The minimum atomic E-state index is -3.65. The number of carbonyl (C=O) groups excluding carboxylic acids is 1. The highest BCUT2D eigenvalue weighted by molar-refractivity contribution is 8.06. The molecule has 0 saturated carbocycles. The molecule has 1 aliphatic rings. The van der Waals surface area contributed by atoms with Gasteiger partial charge >= 0.3 is 0 Å². The molecule has 1 heterocycles. The maximum atomic E-state index is 12.0. The van der Waals surface area contributed by atoms with Crippen LogP contribution in [0.1, 0.15) is 19.3 Å². The van der Waals surface area contributed by atoms with Gasteiger partial charge in [0.1, 0.15) is 12.9 Å². The molecule has 0 radical (unpaired) electrons. The summed E-state index contributed by atoms with van der Waals surface area (Å²) in [5.41, 5.74) is 8.13. The van der Waals surface area contributed by atoms with Crippen LogP contribution in [0.2, 0.25) is 0 Å². The maximum absolute atomic E-state index is 12.0. The van der Waals surface area contributed by atoms with Gasteiger partial charge in [-0.05, 0) is 12.0 Å². The van der Waals surface area contributed by atoms with Gasteiger partial charge in [-0.15, -0.1) is 0 Å². The van der Waals surface area contributed by atoms with Crippen molar-refractivity contribution in [1.29, 1.82) is 0 Å². The van der Waals surface area contributed by atoms with Crippen LogP contribution >= 0.6 is 6.72 Å². The zero-order valence-electron chi connectivity index (χ0n) is 10.9. The van der Waals surface area contributed by atoms with E-state index in [4.69, 9.17) is 10.1 Å². The van der Waals surface area contributed by atoms with Crippen molar-refractivity contribution in [3.8, 4) is 0 Å². The first-order valence-corrected chi connectivity index (χ1v) is 8.49. The van der Waals surface area contributed by atoms with Crippen molar-refractivity contribution in [2.24, 2.45) is 5.11 Å². The van der Waals surface area contributed by atoms with E-state index in [1.165, 1.54) is 4.90 Å². The number of azide groups is 1. The highest BCUT2D eigenvalue weighted by Gasteiger charge is 2.35. The van der Waals surface area contributed by atoms with Crippen molar-refractivity contribution in [2.45, 2.75) is 31.6 Å². The van der Waals surface area contributed by atoms with Crippen molar-refractivity contribution < 1.29 is 23.8 Å². The van der Waals surface area contributed by atoms with Gasteiger partial charge in [0.15, 0.2) is 0 Å². The lowest BCUT2D eigenvalue weighted by molar-refractivity contribution is -0.212. The summed E-state index contributed by atoms with van der Waals surface area (Å²) in [6.45, 7) is -3.35. The third-order valence-electron chi connectivity index (χ3n) is 2.74. The number of aliphatic hydroxyl groups excluding tert-OH is 1. The second kappa shape index (κ2) is 7.90. The van der Waals surface area contributed by atoms with E-state index in [1.807, 2.05) is 0 Å². The maximum Gasteiger partial charge on any atom is 0.224 e. The molecular formula is C9H16N4O5PS-. The van der Waals surface area contributed by atoms with E-state index < -0.39 is 19.1 Å². The quantitative estimate of drug-likeness (QED) is 0.235. The summed E-state index contributed by atoms with van der Waals surface area (Å²) < 4.78 is 9.64. The molecule has 1 rings (SSSR count). The Balaban J connectivity index is 2.58. The molecule has 0 spiro atoms. The lowest BCUT2D eigenvalue weighted by atomic mass is 10.3. The molecule has 0 aliphatic carbocycles. The monoisotopic (exact) mass is 323 g/mol. The van der Waals surface area contributed by atoms with Gasteiger partial charge in [-0.3, -0.25) is 4.79 Å². The number of amides is 1. The molecule has 0 aromatic heterocycles. The smallest absolute Gasteiger partial charge is 0.224 e. The molecule has 0 aromatic rings. The fourth-order valence-electron chi connectivity index (χ4n) is 1.82. The molecule has 1 amide bonds. The molecular weight excluding hydrogens is 307 g/mol. The van der Waals surface area contributed by atoms with Crippen molar-refractivity contribution in [3.05, 3.63) is 10.4 Å². The van der Waals surface area contributed by atoms with Crippen LogP contribution in [0.3, 0.4) is 0 Å². The Labute approximate surface area is 121 Å². The van der Waals surface area contributed by atoms with Gasteiger partial charge in [0.25, 0.3) is 0 Å². The first-order valence-electron chi connectivity index (χ1n) is 5.93. The number of hydrogen-bond donors (Lipinski definition) is 1. The Morgan fingerprint density at radius 1 is 1.75 bits per heavy atom. The highest BCUT2D eigenvalue weighted by atomic mass is 32.5. The number of β-amino-alcohol motifs (C(OH)–C–C–N with tert-alkyl or cyclic N) is 1. The van der Waals surface area contributed by atoms with Crippen LogP contribution in [0.25, 0.3) is 10.4 Å². The summed E-state index contributed by atoms with van der Waals surface area (Å²) in [4.78, 5) is 27.4. The molecule has 2 unspecified atom stereocenters. The van der Waals surface area contributed by atoms with Gasteiger partial charge in [-0.25, -0.2) is 0 Å². The minimum Gasteiger partial charge on any atom is -0.780 e. The highest BCUT2D eigenvalue weighted by Crippen LogP contribution is 2.42. The fraction of sp³-hybridized carbons (Fsp3) is 0.889. The number of nitrogens with zero attached hydrogens (tertiary/aromatic N) is 4. The average molecular weight is 323 g/mol. The molecule has 20 heavy (non-hydrogen) atoms. The minimum absolute atomic E-state index is 0.0874. The Bertz CT molecular complexity index is 444. The van der Waals surface area contributed by atoms with Crippen molar-refractivity contribution in [1.82, 2.24) is 4.90 Å². The zero-order valence-corrected chi connectivity index (χ0v) is 12.6. The molecule has 0 aromatic carbocycles. The molecule has 3 atom stereocenters. The predicted molar refractivity (Wildman–Crippen MR) is 71.8 cm³/mol. The summed E-state index contributed by atoms with van der Waals surface area (Å²) in [6, 6.07) is 0. The number of hydrogen-bond acceptors (Lipinski definition) is 7. The lowest BCUT2D eigenvalue weighted by Crippen LogP contribution is -2.37. The lowest BCUT2D eigenvalue weighted by Gasteiger charge is -2.33. The van der Waals surface area contributed by atoms with Gasteiger partial charge in [-0.1, -0.05) is 16.9 Å². The molecule has 1 N–H and O–H groups in total. The van der Waals surface area contributed by atoms with E-state index in [1.54, 1.807) is 0 Å². The van der Waals surface area contributed by atoms with E-state index in [0.29, 0.717) is 6.42 Å². The van der Waals surface area contributed by atoms with Crippen LogP contribution in [0, 0.1) is 0 Å². The SMILES string of the molecule is COP([O-])(=S)O[C@H]1CC(O)CN1C(=O)CCCN=[N+]=[N-]. The molecule has 114 valence electrons. The molecule has 1 fully saturated rings. The zero-order chi connectivity index (χ0) is 15.2. The summed E-state index contributed by atoms with van der Waals surface area (Å²) in [5.74, 6) is -0.286. The number of likely N-dealkylation sites (tertiary alicyclic amines) is 1. The number of carbonyl (C=O) groups is 1. The standard InChI is InChI=1S/C9H17N4O5PS/c1-17-19(16,20)18-9-5-7(14)6-13(9)8(15)3-2-4-11-12-10/h7,9,14H,2-6H2,1H3,(H,16,20)/p-1/t7?,9-,19?/m0/s1. The Morgan fingerprint density at radius 2 is 2.45 bits per heavy atom. The Hall–Kier alpha value is -0.730. The van der Waals surface area contributed by atoms with Crippen molar-refractivity contribution in [2.75, 3.05) is 20.2 Å². The first-order chi connectivity index (χ1) is 9.39. The van der Waals surface area contributed by atoms with Crippen LogP contribution in [0.5, 0.6) is 0 Å². The summed E-state index contributed by atoms with van der Waals surface area (Å²) in [5, 5.41) is 12.9. The van der Waals surface area contributed by atoms with E-state index in [0.717, 1.165) is 7.11 Å². The predicted octanol–water partition coefficient (Wildman–Crippen LogP) is 0.244. The van der Waals surface area contributed by atoms with Gasteiger partial charge < -0.3 is 23.9 Å². The summed E-state index contributed by atoms with van der Waals surface area (Å²) in [6.07, 6.45) is -0.960. The molecule has 9 nitrogen and oxygen atoms in total. The summed E-state index contributed by atoms with van der Waals surface area (Å²) >= 11 is 4.62. The Morgan fingerprint density at radius 3 is 3.05 bits per heavy atom. The van der Waals surface area contributed by atoms with Crippen LogP contribution in [0.4, 0.5) is 0 Å². The van der Waals surface area contributed by atoms with Crippen LogP contribution in [0.15, 0.2) is 5.11 Å². The van der Waals surface area contributed by atoms with Gasteiger partial charge in [-0.2, -0.15) is 0 Å². The molecule has 1 saturated heterocycles. The van der Waals surface area contributed by atoms with E-state index in [2.05, 4.69) is 26.4 Å². The number of rotatable bonds is 7. The van der Waals surface area contributed by atoms with Gasteiger partial charge in [0.2, 0.25) is 5.91 Å². The molecule has 0 bridgehead atoms. The normalized spacial score (nSPS) is 25.1. The van der Waals surface area contributed by atoms with Crippen LogP contribution < -0.4 is 4.89 Å². The van der Waals surface area contributed by atoms with Gasteiger partial charge in [0, 0.05) is 38.0 Å². The average Bonchev–Trinajstić information content (AvgIpc) is 2.74. The van der Waals surface area contributed by atoms with Crippen molar-refractivity contribution >= 4 is 24.4 Å². The van der Waals surface area contributed by atoms with Crippen LogP contribution in [-0.4, -0.2) is 48.4 Å². The van der Waals surface area contributed by atoms with E-state index in [9.17, 15) is 14.8 Å².